The lowest BCUT2D eigenvalue weighted by Gasteiger charge is -2.33. The van der Waals surface area contributed by atoms with Crippen LogP contribution in [0.1, 0.15) is 18.4 Å². The predicted octanol–water partition coefficient (Wildman–Crippen LogP) is 2.50. The number of aromatic amines is 1. The molecule has 0 aliphatic carbocycles. The molecule has 1 aliphatic heterocycles. The first kappa shape index (κ1) is 15.1. The molecular formula is C16H19ClN4O. The third kappa shape index (κ3) is 3.67. The van der Waals surface area contributed by atoms with Crippen molar-refractivity contribution in [2.75, 3.05) is 18.4 Å². The fourth-order valence-electron chi connectivity index (χ4n) is 2.86. The number of nitrogens with one attached hydrogen (secondary N) is 2. The largest absolute Gasteiger partial charge is 0.378 e. The zero-order valence-corrected chi connectivity index (χ0v) is 13.0. The van der Waals surface area contributed by atoms with Crippen molar-refractivity contribution in [1.82, 2.24) is 15.1 Å². The number of benzene rings is 1. The molecule has 0 bridgehead atoms. The van der Waals surface area contributed by atoms with Gasteiger partial charge in [0.2, 0.25) is 0 Å². The van der Waals surface area contributed by atoms with Gasteiger partial charge in [-0.3, -0.25) is 9.69 Å². The smallest absolute Gasteiger partial charge is 0.285 e. The fourth-order valence-corrected chi connectivity index (χ4v) is 3.01. The van der Waals surface area contributed by atoms with Crippen molar-refractivity contribution in [3.63, 3.8) is 0 Å². The molecule has 1 atom stereocenters. The molecule has 0 amide bonds. The number of likely N-dealkylation sites (tertiary alicyclic amines) is 1. The van der Waals surface area contributed by atoms with Gasteiger partial charge in [0.25, 0.3) is 5.56 Å². The molecule has 1 aromatic carbocycles. The van der Waals surface area contributed by atoms with Gasteiger partial charge in [-0.25, -0.2) is 5.10 Å². The number of aromatic nitrogens is 2. The van der Waals surface area contributed by atoms with Crippen molar-refractivity contribution in [3.8, 4) is 0 Å². The van der Waals surface area contributed by atoms with E-state index < -0.39 is 0 Å². The molecule has 116 valence electrons. The number of hydrogen-bond acceptors (Lipinski definition) is 4. The molecule has 0 spiro atoms. The van der Waals surface area contributed by atoms with Crippen LogP contribution in [-0.4, -0.2) is 34.2 Å². The molecule has 1 aromatic heterocycles. The lowest BCUT2D eigenvalue weighted by Crippen LogP contribution is -2.41. The van der Waals surface area contributed by atoms with Crippen LogP contribution in [0.25, 0.3) is 0 Å². The average molecular weight is 319 g/mol. The Kier molecular flexibility index (Phi) is 4.75. The zero-order valence-electron chi connectivity index (χ0n) is 12.3. The molecule has 1 unspecified atom stereocenters. The van der Waals surface area contributed by atoms with Crippen LogP contribution < -0.4 is 10.9 Å². The SMILES string of the molecule is O=c1[nH]ncc(NC2CCCN(Cc3ccccc3)C2)c1Cl. The third-order valence-corrected chi connectivity index (χ3v) is 4.28. The predicted molar refractivity (Wildman–Crippen MR) is 88.2 cm³/mol. The van der Waals surface area contributed by atoms with Crippen molar-refractivity contribution in [1.29, 1.82) is 0 Å². The first-order chi connectivity index (χ1) is 10.7. The van der Waals surface area contributed by atoms with E-state index in [4.69, 9.17) is 11.6 Å². The lowest BCUT2D eigenvalue weighted by atomic mass is 10.0. The molecule has 1 aliphatic rings. The first-order valence-corrected chi connectivity index (χ1v) is 7.86. The van der Waals surface area contributed by atoms with Crippen LogP contribution >= 0.6 is 11.6 Å². The first-order valence-electron chi connectivity index (χ1n) is 7.48. The number of nitrogens with zero attached hydrogens (tertiary/aromatic N) is 2. The van der Waals surface area contributed by atoms with Gasteiger partial charge in [-0.05, 0) is 24.9 Å². The summed E-state index contributed by atoms with van der Waals surface area (Å²) < 4.78 is 0. The van der Waals surface area contributed by atoms with Gasteiger partial charge < -0.3 is 5.32 Å². The number of H-pyrrole nitrogens is 1. The van der Waals surface area contributed by atoms with Crippen molar-refractivity contribution >= 4 is 17.3 Å². The molecule has 2 N–H and O–H groups in total. The average Bonchev–Trinajstić information content (AvgIpc) is 2.53. The molecule has 3 rings (SSSR count). The maximum Gasteiger partial charge on any atom is 0.285 e. The highest BCUT2D eigenvalue weighted by Gasteiger charge is 2.21. The van der Waals surface area contributed by atoms with Crippen LogP contribution in [0.4, 0.5) is 5.69 Å². The number of halogens is 1. The van der Waals surface area contributed by atoms with Gasteiger partial charge in [-0.2, -0.15) is 5.10 Å². The maximum absolute atomic E-state index is 11.5. The van der Waals surface area contributed by atoms with Crippen LogP contribution in [0.2, 0.25) is 5.02 Å². The van der Waals surface area contributed by atoms with E-state index in [2.05, 4.69) is 44.7 Å². The van der Waals surface area contributed by atoms with Gasteiger partial charge >= 0.3 is 0 Å². The molecule has 22 heavy (non-hydrogen) atoms. The summed E-state index contributed by atoms with van der Waals surface area (Å²) in [7, 11) is 0. The fraction of sp³-hybridized carbons (Fsp3) is 0.375. The van der Waals surface area contributed by atoms with E-state index in [-0.39, 0.29) is 16.6 Å². The molecule has 2 aromatic rings. The highest BCUT2D eigenvalue weighted by atomic mass is 35.5. The van der Waals surface area contributed by atoms with Crippen molar-refractivity contribution in [2.24, 2.45) is 0 Å². The van der Waals surface area contributed by atoms with E-state index in [0.29, 0.717) is 5.69 Å². The minimum absolute atomic E-state index is 0.176. The van der Waals surface area contributed by atoms with Gasteiger partial charge in [0.15, 0.2) is 0 Å². The molecule has 0 radical (unpaired) electrons. The second-order valence-corrected chi connectivity index (χ2v) is 6.01. The summed E-state index contributed by atoms with van der Waals surface area (Å²) >= 11 is 6.02. The normalized spacial score (nSPS) is 19.0. The summed E-state index contributed by atoms with van der Waals surface area (Å²) in [5.74, 6) is 0. The summed E-state index contributed by atoms with van der Waals surface area (Å²) in [6, 6.07) is 10.7. The van der Waals surface area contributed by atoms with Gasteiger partial charge in [0.05, 0.1) is 11.9 Å². The lowest BCUT2D eigenvalue weighted by molar-refractivity contribution is 0.208. The Labute approximate surface area is 134 Å². The Hall–Kier alpha value is -1.85. The Bertz CT molecular complexity index is 673. The highest BCUT2D eigenvalue weighted by Crippen LogP contribution is 2.20. The zero-order chi connectivity index (χ0) is 15.4. The van der Waals surface area contributed by atoms with Crippen molar-refractivity contribution in [2.45, 2.75) is 25.4 Å². The van der Waals surface area contributed by atoms with Gasteiger partial charge in [-0.15, -0.1) is 0 Å². The minimum atomic E-state index is -0.358. The van der Waals surface area contributed by atoms with E-state index >= 15 is 0 Å². The highest BCUT2D eigenvalue weighted by molar-refractivity contribution is 6.32. The van der Waals surface area contributed by atoms with Crippen LogP contribution in [0.15, 0.2) is 41.3 Å². The minimum Gasteiger partial charge on any atom is -0.378 e. The van der Waals surface area contributed by atoms with Crippen molar-refractivity contribution in [3.05, 3.63) is 57.5 Å². The van der Waals surface area contributed by atoms with E-state index in [1.165, 1.54) is 5.56 Å². The number of anilines is 1. The second kappa shape index (κ2) is 6.94. The summed E-state index contributed by atoms with van der Waals surface area (Å²) in [5.41, 5.74) is 1.57. The van der Waals surface area contributed by atoms with Crippen LogP contribution in [0.3, 0.4) is 0 Å². The Morgan fingerprint density at radius 1 is 1.36 bits per heavy atom. The Morgan fingerprint density at radius 3 is 3.00 bits per heavy atom. The van der Waals surface area contributed by atoms with Crippen LogP contribution in [-0.2, 0) is 6.54 Å². The second-order valence-electron chi connectivity index (χ2n) is 5.63. The molecule has 0 saturated carbocycles. The van der Waals surface area contributed by atoms with Crippen molar-refractivity contribution < 1.29 is 0 Å². The number of hydrogen-bond donors (Lipinski definition) is 2. The molecule has 2 heterocycles. The van der Waals surface area contributed by atoms with E-state index in [1.54, 1.807) is 6.20 Å². The summed E-state index contributed by atoms with van der Waals surface area (Å²) in [5, 5.41) is 9.66. The Morgan fingerprint density at radius 2 is 2.18 bits per heavy atom. The molecule has 1 saturated heterocycles. The van der Waals surface area contributed by atoms with Gasteiger partial charge in [0.1, 0.15) is 5.02 Å². The number of piperidine rings is 1. The van der Waals surface area contributed by atoms with E-state index in [1.807, 2.05) is 6.07 Å². The number of rotatable bonds is 4. The summed E-state index contributed by atoms with van der Waals surface area (Å²) in [4.78, 5) is 13.9. The monoisotopic (exact) mass is 318 g/mol. The Balaban J connectivity index is 1.63. The molecule has 1 fully saturated rings. The maximum atomic E-state index is 11.5. The summed E-state index contributed by atoms with van der Waals surface area (Å²) in [6.07, 6.45) is 3.76. The van der Waals surface area contributed by atoms with E-state index in [9.17, 15) is 4.79 Å². The van der Waals surface area contributed by atoms with Crippen LogP contribution in [0.5, 0.6) is 0 Å². The molecule has 5 nitrogen and oxygen atoms in total. The molecule has 6 heteroatoms. The quantitative estimate of drug-likeness (QED) is 0.909. The third-order valence-electron chi connectivity index (χ3n) is 3.91. The van der Waals surface area contributed by atoms with Crippen LogP contribution in [0, 0.1) is 0 Å². The topological polar surface area (TPSA) is 61.0 Å². The van der Waals surface area contributed by atoms with Gasteiger partial charge in [0, 0.05) is 19.1 Å². The van der Waals surface area contributed by atoms with E-state index in [0.717, 1.165) is 32.5 Å². The summed E-state index contributed by atoms with van der Waals surface area (Å²) in [6.45, 7) is 2.97. The standard InChI is InChI=1S/C16H19ClN4O/c17-15-14(9-18-20-16(15)22)19-13-7-4-8-21(11-13)10-12-5-2-1-3-6-12/h1-3,5-6,9,13H,4,7-8,10-11H2,(H2,19,20,22). The molecular weight excluding hydrogens is 300 g/mol. The van der Waals surface area contributed by atoms with Gasteiger partial charge in [-0.1, -0.05) is 41.9 Å².